The molecule has 0 aliphatic rings. The molecule has 1 atom stereocenters. The molecule has 1 unspecified atom stereocenters. The van der Waals surface area contributed by atoms with Crippen LogP contribution in [-0.4, -0.2) is 6.54 Å². The van der Waals surface area contributed by atoms with Gasteiger partial charge in [0.15, 0.2) is 0 Å². The zero-order valence-corrected chi connectivity index (χ0v) is 13.7. The van der Waals surface area contributed by atoms with E-state index < -0.39 is 0 Å². The minimum Gasteiger partial charge on any atom is -0.306 e. The van der Waals surface area contributed by atoms with Crippen LogP contribution in [0.2, 0.25) is 5.02 Å². The second kappa shape index (κ2) is 6.70. The molecular formula is C16H16BrClFN. The quantitative estimate of drug-likeness (QED) is 0.789. The first-order valence-electron chi connectivity index (χ1n) is 6.46. The van der Waals surface area contributed by atoms with Gasteiger partial charge in [0, 0.05) is 15.1 Å². The fourth-order valence-electron chi connectivity index (χ4n) is 2.28. The highest BCUT2D eigenvalue weighted by atomic mass is 79.9. The molecular weight excluding hydrogens is 341 g/mol. The number of rotatable bonds is 4. The van der Waals surface area contributed by atoms with Crippen molar-refractivity contribution in [3.05, 3.63) is 68.4 Å². The first-order chi connectivity index (χ1) is 9.51. The molecule has 0 aliphatic heterocycles. The largest absolute Gasteiger partial charge is 0.306 e. The van der Waals surface area contributed by atoms with Gasteiger partial charge in [-0.1, -0.05) is 40.5 Å². The van der Waals surface area contributed by atoms with E-state index in [-0.39, 0.29) is 11.9 Å². The molecule has 0 saturated carbocycles. The number of nitrogens with one attached hydrogen (secondary N) is 1. The summed E-state index contributed by atoms with van der Waals surface area (Å²) in [6.07, 6.45) is 0. The normalized spacial score (nSPS) is 12.4. The van der Waals surface area contributed by atoms with E-state index in [0.717, 1.165) is 22.1 Å². The Labute approximate surface area is 132 Å². The lowest BCUT2D eigenvalue weighted by Gasteiger charge is -2.20. The molecule has 0 fully saturated rings. The van der Waals surface area contributed by atoms with Crippen molar-refractivity contribution < 1.29 is 4.39 Å². The molecule has 0 radical (unpaired) electrons. The minimum atomic E-state index is -0.225. The van der Waals surface area contributed by atoms with Crippen LogP contribution >= 0.6 is 27.5 Å². The highest BCUT2D eigenvalue weighted by molar-refractivity contribution is 9.10. The highest BCUT2D eigenvalue weighted by Crippen LogP contribution is 2.29. The molecule has 0 saturated heterocycles. The van der Waals surface area contributed by atoms with Gasteiger partial charge < -0.3 is 5.32 Å². The van der Waals surface area contributed by atoms with Crippen LogP contribution < -0.4 is 5.32 Å². The van der Waals surface area contributed by atoms with Gasteiger partial charge in [0.05, 0.1) is 6.04 Å². The number of aryl methyl sites for hydroxylation is 1. The molecule has 4 heteroatoms. The van der Waals surface area contributed by atoms with Gasteiger partial charge in [-0.2, -0.15) is 0 Å². The van der Waals surface area contributed by atoms with Crippen molar-refractivity contribution in [1.82, 2.24) is 5.32 Å². The van der Waals surface area contributed by atoms with E-state index in [4.69, 9.17) is 11.6 Å². The Kier molecular flexibility index (Phi) is 5.19. The van der Waals surface area contributed by atoms with Gasteiger partial charge in [-0.25, -0.2) is 4.39 Å². The molecule has 0 aromatic heterocycles. The lowest BCUT2D eigenvalue weighted by Crippen LogP contribution is -2.23. The minimum absolute atomic E-state index is 0.213. The lowest BCUT2D eigenvalue weighted by molar-refractivity contribution is 0.558. The van der Waals surface area contributed by atoms with Gasteiger partial charge >= 0.3 is 0 Å². The maximum Gasteiger partial charge on any atom is 0.128 e. The Morgan fingerprint density at radius 1 is 1.25 bits per heavy atom. The van der Waals surface area contributed by atoms with Crippen LogP contribution in [0.5, 0.6) is 0 Å². The third kappa shape index (κ3) is 3.60. The van der Waals surface area contributed by atoms with E-state index in [1.807, 2.05) is 32.0 Å². The fraction of sp³-hybridized carbons (Fsp3) is 0.250. The Morgan fingerprint density at radius 3 is 2.65 bits per heavy atom. The van der Waals surface area contributed by atoms with E-state index in [0.29, 0.717) is 10.6 Å². The molecule has 2 rings (SSSR count). The Hall–Kier alpha value is -0.900. The highest BCUT2D eigenvalue weighted by Gasteiger charge is 2.18. The Bertz CT molecular complexity index is 595. The summed E-state index contributed by atoms with van der Waals surface area (Å²) in [5, 5.41) is 3.98. The van der Waals surface area contributed by atoms with Crippen LogP contribution in [-0.2, 0) is 0 Å². The van der Waals surface area contributed by atoms with E-state index in [9.17, 15) is 4.39 Å². The monoisotopic (exact) mass is 355 g/mol. The smallest absolute Gasteiger partial charge is 0.128 e. The summed E-state index contributed by atoms with van der Waals surface area (Å²) < 4.78 is 15.0. The van der Waals surface area contributed by atoms with Crippen molar-refractivity contribution in [3.8, 4) is 0 Å². The van der Waals surface area contributed by atoms with Crippen LogP contribution in [0, 0.1) is 12.7 Å². The van der Waals surface area contributed by atoms with Gasteiger partial charge in [0.2, 0.25) is 0 Å². The number of halogens is 3. The summed E-state index contributed by atoms with van der Waals surface area (Å²) in [7, 11) is 0. The molecule has 0 bridgehead atoms. The molecule has 0 spiro atoms. The summed E-state index contributed by atoms with van der Waals surface area (Å²) in [5.74, 6) is -0.225. The molecule has 106 valence electrons. The van der Waals surface area contributed by atoms with E-state index in [2.05, 4.69) is 21.2 Å². The zero-order valence-electron chi connectivity index (χ0n) is 11.4. The van der Waals surface area contributed by atoms with Gasteiger partial charge in [-0.05, 0) is 54.9 Å². The van der Waals surface area contributed by atoms with Crippen molar-refractivity contribution in [2.45, 2.75) is 19.9 Å². The second-order valence-electron chi connectivity index (χ2n) is 4.72. The summed E-state index contributed by atoms with van der Waals surface area (Å²) >= 11 is 9.52. The van der Waals surface area contributed by atoms with Gasteiger partial charge in [0.1, 0.15) is 5.82 Å². The van der Waals surface area contributed by atoms with Crippen molar-refractivity contribution in [2.24, 2.45) is 0 Å². The van der Waals surface area contributed by atoms with E-state index in [1.165, 1.54) is 6.07 Å². The average molecular weight is 357 g/mol. The molecule has 0 heterocycles. The summed E-state index contributed by atoms with van der Waals surface area (Å²) in [4.78, 5) is 0. The molecule has 2 aromatic carbocycles. The molecule has 2 aromatic rings. The van der Waals surface area contributed by atoms with Crippen molar-refractivity contribution in [2.75, 3.05) is 6.54 Å². The molecule has 0 amide bonds. The van der Waals surface area contributed by atoms with Crippen LogP contribution in [0.15, 0.2) is 40.9 Å². The Balaban J connectivity index is 2.52. The molecule has 0 aliphatic carbocycles. The first kappa shape index (κ1) is 15.5. The standard InChI is InChI=1S/C16H16BrClFN/c1-3-20-16(11-6-10(2)7-13(18)8-11)14-9-12(17)4-5-15(14)19/h4-9,16,20H,3H2,1-2H3. The van der Waals surface area contributed by atoms with Crippen LogP contribution in [0.3, 0.4) is 0 Å². The average Bonchev–Trinajstić information content (AvgIpc) is 2.38. The lowest BCUT2D eigenvalue weighted by atomic mass is 9.97. The summed E-state index contributed by atoms with van der Waals surface area (Å²) in [6.45, 7) is 4.72. The van der Waals surface area contributed by atoms with E-state index >= 15 is 0 Å². The van der Waals surface area contributed by atoms with Crippen molar-refractivity contribution in [1.29, 1.82) is 0 Å². The second-order valence-corrected chi connectivity index (χ2v) is 6.07. The van der Waals surface area contributed by atoms with E-state index in [1.54, 1.807) is 12.1 Å². The fourth-order valence-corrected chi connectivity index (χ4v) is 2.96. The maximum absolute atomic E-state index is 14.1. The third-order valence-electron chi connectivity index (χ3n) is 3.08. The summed E-state index contributed by atoms with van der Waals surface area (Å²) in [6, 6.07) is 10.6. The van der Waals surface area contributed by atoms with Crippen LogP contribution in [0.4, 0.5) is 4.39 Å². The van der Waals surface area contributed by atoms with Gasteiger partial charge in [-0.15, -0.1) is 0 Å². The van der Waals surface area contributed by atoms with Gasteiger partial charge in [0.25, 0.3) is 0 Å². The van der Waals surface area contributed by atoms with Gasteiger partial charge in [-0.3, -0.25) is 0 Å². The zero-order chi connectivity index (χ0) is 14.7. The first-order valence-corrected chi connectivity index (χ1v) is 7.63. The number of hydrogen-bond acceptors (Lipinski definition) is 1. The predicted octanol–water partition coefficient (Wildman–Crippen LogP) is 5.25. The molecule has 20 heavy (non-hydrogen) atoms. The topological polar surface area (TPSA) is 12.0 Å². The van der Waals surface area contributed by atoms with Crippen molar-refractivity contribution in [3.63, 3.8) is 0 Å². The molecule has 1 N–H and O–H groups in total. The van der Waals surface area contributed by atoms with Crippen LogP contribution in [0.1, 0.15) is 29.7 Å². The molecule has 1 nitrogen and oxygen atoms in total. The number of benzene rings is 2. The maximum atomic E-state index is 14.1. The third-order valence-corrected chi connectivity index (χ3v) is 3.79. The number of hydrogen-bond donors (Lipinski definition) is 1. The van der Waals surface area contributed by atoms with Crippen molar-refractivity contribution >= 4 is 27.5 Å². The van der Waals surface area contributed by atoms with Crippen LogP contribution in [0.25, 0.3) is 0 Å². The Morgan fingerprint density at radius 2 is 2.00 bits per heavy atom. The summed E-state index contributed by atoms with van der Waals surface area (Å²) in [5.41, 5.74) is 2.64. The SMILES string of the molecule is CCNC(c1cc(C)cc(Cl)c1)c1cc(Br)ccc1F. The predicted molar refractivity (Wildman–Crippen MR) is 85.8 cm³/mol.